The normalized spacial score (nSPS) is 43.6. The van der Waals surface area contributed by atoms with Gasteiger partial charge in [-0.25, -0.2) is 0 Å². The van der Waals surface area contributed by atoms with Crippen LogP contribution in [0.4, 0.5) is 0 Å². The molecule has 7 atom stereocenters. The predicted octanol–water partition coefficient (Wildman–Crippen LogP) is 6.51. The van der Waals surface area contributed by atoms with E-state index in [4.69, 9.17) is 0 Å². The number of ketones is 1. The van der Waals surface area contributed by atoms with Crippen LogP contribution in [0.2, 0.25) is 0 Å². The van der Waals surface area contributed by atoms with Crippen LogP contribution >= 0.6 is 0 Å². The number of carbonyl (C=O) groups is 1. The first-order valence-electron chi connectivity index (χ1n) is 10.9. The highest BCUT2D eigenvalue weighted by molar-refractivity contribution is 5.81. The smallest absolute Gasteiger partial charge is 0.135 e. The second kappa shape index (κ2) is 7.12. The molecule has 0 radical (unpaired) electrons. The van der Waals surface area contributed by atoms with Crippen LogP contribution in [0, 0.1) is 46.8 Å². The Kier molecular flexibility index (Phi) is 5.48. The van der Waals surface area contributed by atoms with Gasteiger partial charge in [-0.3, -0.25) is 4.79 Å². The van der Waals surface area contributed by atoms with Crippen molar-refractivity contribution < 1.29 is 4.79 Å². The Morgan fingerprint density at radius 2 is 1.79 bits per heavy atom. The van der Waals surface area contributed by atoms with Crippen molar-refractivity contribution >= 4 is 5.78 Å². The van der Waals surface area contributed by atoms with Crippen LogP contribution in [0.25, 0.3) is 0 Å². The fraction of sp³-hybridized carbons (Fsp3) is 0.957. The average Bonchev–Trinajstić information content (AvgIpc) is 2.87. The second-order valence-electron chi connectivity index (χ2n) is 10.3. The molecule has 0 unspecified atom stereocenters. The quantitative estimate of drug-likeness (QED) is 0.561. The van der Waals surface area contributed by atoms with Gasteiger partial charge in [0.1, 0.15) is 5.78 Å². The fourth-order valence-electron chi connectivity index (χ4n) is 7.15. The Morgan fingerprint density at radius 3 is 2.50 bits per heavy atom. The van der Waals surface area contributed by atoms with E-state index in [1.165, 1.54) is 51.4 Å². The van der Waals surface area contributed by atoms with Crippen LogP contribution in [0.1, 0.15) is 92.4 Å². The van der Waals surface area contributed by atoms with Crippen LogP contribution in [0.5, 0.6) is 0 Å². The number of hydrogen-bond donors (Lipinski definition) is 0. The number of Topliss-reactive ketones (excluding diaryl/α,β-unsaturated/α-hetero) is 1. The highest BCUT2D eigenvalue weighted by Gasteiger charge is 2.56. The van der Waals surface area contributed by atoms with Gasteiger partial charge in [-0.15, -0.1) is 0 Å². The molecule has 0 bridgehead atoms. The first kappa shape index (κ1) is 18.5. The third-order valence-electron chi connectivity index (χ3n) is 8.57. The molecule has 3 fully saturated rings. The van der Waals surface area contributed by atoms with Gasteiger partial charge in [0, 0.05) is 12.3 Å². The molecule has 3 rings (SSSR count). The largest absolute Gasteiger partial charge is 0.299 e. The summed E-state index contributed by atoms with van der Waals surface area (Å²) < 4.78 is 0. The Balaban J connectivity index is 1.67. The molecule has 0 heterocycles. The molecule has 1 heteroatoms. The molecule has 1 nitrogen and oxygen atoms in total. The zero-order chi connectivity index (χ0) is 17.5. The molecule has 3 saturated carbocycles. The van der Waals surface area contributed by atoms with E-state index in [0.717, 1.165) is 36.0 Å². The van der Waals surface area contributed by atoms with Crippen molar-refractivity contribution in [1.29, 1.82) is 0 Å². The molecule has 0 aliphatic heterocycles. The predicted molar refractivity (Wildman–Crippen MR) is 102 cm³/mol. The van der Waals surface area contributed by atoms with Crippen molar-refractivity contribution in [1.82, 2.24) is 0 Å². The number of rotatable bonds is 5. The zero-order valence-electron chi connectivity index (χ0n) is 16.8. The van der Waals surface area contributed by atoms with E-state index in [1.807, 2.05) is 0 Å². The summed E-state index contributed by atoms with van der Waals surface area (Å²) in [6.07, 6.45) is 11.9. The molecule has 0 N–H and O–H groups in total. The Morgan fingerprint density at radius 1 is 1.04 bits per heavy atom. The van der Waals surface area contributed by atoms with Crippen molar-refractivity contribution in [2.75, 3.05) is 0 Å². The first-order chi connectivity index (χ1) is 11.3. The zero-order valence-corrected chi connectivity index (χ0v) is 16.8. The third-order valence-corrected chi connectivity index (χ3v) is 8.57. The minimum Gasteiger partial charge on any atom is -0.299 e. The molecule has 0 saturated heterocycles. The topological polar surface area (TPSA) is 17.1 Å². The first-order valence-corrected chi connectivity index (χ1v) is 10.9. The molecule has 138 valence electrons. The molecule has 0 spiro atoms. The molecule has 0 aromatic carbocycles. The maximum atomic E-state index is 12.2. The van der Waals surface area contributed by atoms with Crippen LogP contribution in [0.15, 0.2) is 0 Å². The van der Waals surface area contributed by atoms with Gasteiger partial charge >= 0.3 is 0 Å². The lowest BCUT2D eigenvalue weighted by atomic mass is 9.52. The van der Waals surface area contributed by atoms with E-state index in [2.05, 4.69) is 34.6 Å². The summed E-state index contributed by atoms with van der Waals surface area (Å²) in [5.74, 6) is 6.03. The van der Waals surface area contributed by atoms with Crippen LogP contribution < -0.4 is 0 Å². The second-order valence-corrected chi connectivity index (χ2v) is 10.3. The molecule has 24 heavy (non-hydrogen) atoms. The van der Waals surface area contributed by atoms with E-state index in [1.54, 1.807) is 0 Å². The van der Waals surface area contributed by atoms with Crippen molar-refractivity contribution in [2.24, 2.45) is 46.8 Å². The molecule has 0 aromatic heterocycles. The Hall–Kier alpha value is -0.330. The van der Waals surface area contributed by atoms with Crippen LogP contribution in [-0.4, -0.2) is 5.78 Å². The van der Waals surface area contributed by atoms with Crippen LogP contribution in [-0.2, 0) is 4.79 Å². The van der Waals surface area contributed by atoms with Gasteiger partial charge in [-0.05, 0) is 73.0 Å². The lowest BCUT2D eigenvalue weighted by molar-refractivity contribution is -0.133. The summed E-state index contributed by atoms with van der Waals surface area (Å²) in [5, 5.41) is 0. The number of hydrogen-bond acceptors (Lipinski definition) is 1. The molecule has 3 aliphatic carbocycles. The number of fused-ring (bicyclic) bond motifs is 3. The van der Waals surface area contributed by atoms with E-state index < -0.39 is 0 Å². The summed E-state index contributed by atoms with van der Waals surface area (Å²) in [7, 11) is 0. The molecular weight excluding hydrogens is 292 g/mol. The Labute approximate surface area is 150 Å². The molecule has 0 aromatic rings. The summed E-state index contributed by atoms with van der Waals surface area (Å²) in [6, 6.07) is 0. The fourth-order valence-corrected chi connectivity index (χ4v) is 7.15. The van der Waals surface area contributed by atoms with Crippen molar-refractivity contribution in [3.05, 3.63) is 0 Å². The average molecular weight is 333 g/mol. The van der Waals surface area contributed by atoms with Crippen LogP contribution in [0.3, 0.4) is 0 Å². The highest BCUT2D eigenvalue weighted by Crippen LogP contribution is 2.63. The lowest BCUT2D eigenvalue weighted by Gasteiger charge is -2.53. The van der Waals surface area contributed by atoms with Crippen molar-refractivity contribution in [3.8, 4) is 0 Å². The molecular formula is C23H40O. The Bertz CT molecular complexity index is 453. The van der Waals surface area contributed by atoms with Gasteiger partial charge in [0.25, 0.3) is 0 Å². The SMILES string of the molecule is CC(C)CCC[C@@H](C)[C@H]1CC[C@H]2[C@@H]3CCC(=O)[C@H](C)[C@H]3CC[C@]12C. The van der Waals surface area contributed by atoms with Gasteiger partial charge in [0.15, 0.2) is 0 Å². The van der Waals surface area contributed by atoms with Gasteiger partial charge in [0.05, 0.1) is 0 Å². The molecule has 0 amide bonds. The van der Waals surface area contributed by atoms with Gasteiger partial charge in [-0.2, -0.15) is 0 Å². The van der Waals surface area contributed by atoms with Crippen molar-refractivity contribution in [2.45, 2.75) is 92.4 Å². The minimum absolute atomic E-state index is 0.343. The monoisotopic (exact) mass is 332 g/mol. The van der Waals surface area contributed by atoms with E-state index >= 15 is 0 Å². The highest BCUT2D eigenvalue weighted by atomic mass is 16.1. The van der Waals surface area contributed by atoms with Crippen molar-refractivity contribution in [3.63, 3.8) is 0 Å². The summed E-state index contributed by atoms with van der Waals surface area (Å²) in [6.45, 7) is 12.1. The van der Waals surface area contributed by atoms with Gasteiger partial charge < -0.3 is 0 Å². The minimum atomic E-state index is 0.343. The molecule has 3 aliphatic rings. The van der Waals surface area contributed by atoms with E-state index in [9.17, 15) is 4.79 Å². The van der Waals surface area contributed by atoms with Gasteiger partial charge in [-0.1, -0.05) is 53.9 Å². The van der Waals surface area contributed by atoms with E-state index in [0.29, 0.717) is 23.0 Å². The maximum absolute atomic E-state index is 12.2. The standard InChI is InChI=1S/C23H40O/c1-15(2)7-6-8-16(3)20-10-11-21-19-9-12-22(24)17(4)18(19)13-14-23(20,21)5/h15-21H,6-14H2,1-5H3/t16-,17-,18-,19-,20-,21+,23-/m1/s1. The summed E-state index contributed by atoms with van der Waals surface area (Å²) in [5.41, 5.74) is 0.568. The summed E-state index contributed by atoms with van der Waals surface area (Å²) >= 11 is 0. The van der Waals surface area contributed by atoms with Gasteiger partial charge in [0.2, 0.25) is 0 Å². The van der Waals surface area contributed by atoms with E-state index in [-0.39, 0.29) is 0 Å². The lowest BCUT2D eigenvalue weighted by Crippen LogP contribution is -2.47. The third kappa shape index (κ3) is 3.21. The number of carbonyl (C=O) groups excluding carboxylic acids is 1. The maximum Gasteiger partial charge on any atom is 0.135 e. The summed E-state index contributed by atoms with van der Waals surface area (Å²) in [4.78, 5) is 12.2.